The molecule has 140 valence electrons. The number of hydrogen-bond acceptors (Lipinski definition) is 0. The van der Waals surface area contributed by atoms with Crippen LogP contribution in [-0.2, 0) is 12.8 Å². The van der Waals surface area contributed by atoms with E-state index < -0.39 is 0 Å². The van der Waals surface area contributed by atoms with E-state index in [9.17, 15) is 0 Å². The average Bonchev–Trinajstić information content (AvgIpc) is 2.77. The molecule has 0 nitrogen and oxygen atoms in total. The van der Waals surface area contributed by atoms with Gasteiger partial charge in [0, 0.05) is 0 Å². The van der Waals surface area contributed by atoms with Crippen molar-refractivity contribution in [3.05, 3.63) is 131 Å². The van der Waals surface area contributed by atoms with Gasteiger partial charge in [0.1, 0.15) is 0 Å². The number of hydrogen-bond donors (Lipinski definition) is 0. The van der Waals surface area contributed by atoms with Crippen LogP contribution in [0.15, 0.2) is 109 Å². The van der Waals surface area contributed by atoms with E-state index in [1.54, 1.807) is 0 Å². The van der Waals surface area contributed by atoms with Gasteiger partial charge in [0.15, 0.2) is 0 Å². The lowest BCUT2D eigenvalue weighted by Crippen LogP contribution is -1.86. The highest BCUT2D eigenvalue weighted by atomic mass is 14.1. The molecule has 4 aromatic carbocycles. The van der Waals surface area contributed by atoms with E-state index in [0.717, 1.165) is 12.8 Å². The Balaban J connectivity index is 0.000000161. The fourth-order valence-electron chi connectivity index (χ4n) is 3.27. The minimum atomic E-state index is 1.03. The van der Waals surface area contributed by atoms with E-state index in [2.05, 4.69) is 123 Å². The molecule has 0 bridgehead atoms. The first kappa shape index (κ1) is 19.6. The van der Waals surface area contributed by atoms with Crippen LogP contribution in [0.2, 0.25) is 0 Å². The number of benzene rings is 4. The van der Waals surface area contributed by atoms with Crippen molar-refractivity contribution in [1.82, 2.24) is 0 Å². The van der Waals surface area contributed by atoms with Gasteiger partial charge in [-0.25, -0.2) is 0 Å². The zero-order valence-electron chi connectivity index (χ0n) is 16.8. The maximum atomic E-state index is 2.20. The average molecular weight is 365 g/mol. The van der Waals surface area contributed by atoms with E-state index in [-0.39, 0.29) is 0 Å². The molecule has 0 heterocycles. The smallest absolute Gasteiger partial charge is 0.00258 e. The minimum Gasteiger partial charge on any atom is -0.0622 e. The highest BCUT2D eigenvalue weighted by molar-refractivity contribution is 5.67. The summed E-state index contributed by atoms with van der Waals surface area (Å²) in [6.07, 6.45) is 2.12. The van der Waals surface area contributed by atoms with Crippen molar-refractivity contribution in [1.29, 1.82) is 0 Å². The summed E-state index contributed by atoms with van der Waals surface area (Å²) in [6.45, 7) is 4.31. The maximum Gasteiger partial charge on any atom is -0.00258 e. The Labute approximate surface area is 169 Å². The van der Waals surface area contributed by atoms with Crippen LogP contribution in [0.3, 0.4) is 0 Å². The zero-order chi connectivity index (χ0) is 19.6. The predicted molar refractivity (Wildman–Crippen MR) is 122 cm³/mol. The summed E-state index contributed by atoms with van der Waals surface area (Å²) in [4.78, 5) is 0. The highest BCUT2D eigenvalue weighted by Crippen LogP contribution is 2.23. The number of aryl methyl sites for hydroxylation is 2. The second kappa shape index (κ2) is 10.3. The molecule has 4 aromatic rings. The van der Waals surface area contributed by atoms with Crippen molar-refractivity contribution in [2.45, 2.75) is 26.7 Å². The Morgan fingerprint density at radius 1 is 0.536 bits per heavy atom. The van der Waals surface area contributed by atoms with Crippen molar-refractivity contribution in [3.63, 3.8) is 0 Å². The molecule has 0 unspecified atom stereocenters. The van der Waals surface area contributed by atoms with Gasteiger partial charge in [0.05, 0.1) is 0 Å². The third-order valence-electron chi connectivity index (χ3n) is 4.85. The van der Waals surface area contributed by atoms with Crippen LogP contribution in [0, 0.1) is 6.92 Å². The molecule has 0 saturated heterocycles. The highest BCUT2D eigenvalue weighted by Gasteiger charge is 2.00. The quantitative estimate of drug-likeness (QED) is 0.351. The molecule has 0 fully saturated rings. The van der Waals surface area contributed by atoms with E-state index >= 15 is 0 Å². The molecule has 0 aliphatic carbocycles. The molecule has 0 aromatic heterocycles. The van der Waals surface area contributed by atoms with Crippen molar-refractivity contribution < 1.29 is 0 Å². The van der Waals surface area contributed by atoms with Gasteiger partial charge in [0.2, 0.25) is 0 Å². The van der Waals surface area contributed by atoms with Gasteiger partial charge in [-0.05, 0) is 47.6 Å². The Bertz CT molecular complexity index is 952. The van der Waals surface area contributed by atoms with Crippen LogP contribution in [0.5, 0.6) is 0 Å². The van der Waals surface area contributed by atoms with Gasteiger partial charge in [-0.2, -0.15) is 0 Å². The molecule has 0 spiro atoms. The fourth-order valence-corrected chi connectivity index (χ4v) is 3.27. The van der Waals surface area contributed by atoms with E-state index in [1.165, 1.54) is 33.4 Å². The zero-order valence-corrected chi connectivity index (χ0v) is 16.8. The standard InChI is InChI=1S/2C14H14/c1-12-7-9-14(10-8-12)11-13-5-3-2-4-6-13;1-2-12-8-6-7-11-14(12)13-9-4-3-5-10-13/h2-10H,11H2,1H3;3-11H,2H2,1H3. The SMILES string of the molecule is CCc1ccccc1-c1ccccc1.Cc1ccc(Cc2ccccc2)cc1. The van der Waals surface area contributed by atoms with Crippen LogP contribution in [-0.4, -0.2) is 0 Å². The molecule has 0 aliphatic heterocycles. The molecule has 4 rings (SSSR count). The first-order valence-electron chi connectivity index (χ1n) is 9.99. The molecule has 28 heavy (non-hydrogen) atoms. The summed E-state index contributed by atoms with van der Waals surface area (Å²) < 4.78 is 0. The molecule has 0 N–H and O–H groups in total. The minimum absolute atomic E-state index is 1.03. The third kappa shape index (κ3) is 5.69. The maximum absolute atomic E-state index is 2.20. The Morgan fingerprint density at radius 3 is 1.71 bits per heavy atom. The molecule has 0 aliphatic rings. The molecular formula is C28H28. The van der Waals surface area contributed by atoms with Crippen LogP contribution in [0.1, 0.15) is 29.2 Å². The second-order valence-corrected chi connectivity index (χ2v) is 7.02. The summed E-state index contributed by atoms with van der Waals surface area (Å²) in [5.41, 5.74) is 8.15. The topological polar surface area (TPSA) is 0 Å². The van der Waals surface area contributed by atoms with Gasteiger partial charge in [-0.3, -0.25) is 0 Å². The molecule has 0 radical (unpaired) electrons. The molecule has 0 amide bonds. The van der Waals surface area contributed by atoms with E-state index in [0.29, 0.717) is 0 Å². The lowest BCUT2D eigenvalue weighted by atomic mass is 9.98. The second-order valence-electron chi connectivity index (χ2n) is 7.02. The normalized spacial score (nSPS) is 10.1. The predicted octanol–water partition coefficient (Wildman–Crippen LogP) is 7.50. The largest absolute Gasteiger partial charge is 0.0622 e. The van der Waals surface area contributed by atoms with Crippen LogP contribution in [0.4, 0.5) is 0 Å². The van der Waals surface area contributed by atoms with Crippen molar-refractivity contribution in [2.75, 3.05) is 0 Å². The van der Waals surface area contributed by atoms with Crippen LogP contribution < -0.4 is 0 Å². The fraction of sp³-hybridized carbons (Fsp3) is 0.143. The summed E-state index contributed by atoms with van der Waals surface area (Å²) in [5.74, 6) is 0. The van der Waals surface area contributed by atoms with Gasteiger partial charge in [-0.15, -0.1) is 0 Å². The van der Waals surface area contributed by atoms with Gasteiger partial charge < -0.3 is 0 Å². The van der Waals surface area contributed by atoms with E-state index in [1.807, 2.05) is 0 Å². The molecule has 0 atom stereocenters. The Kier molecular flexibility index (Phi) is 7.21. The summed E-state index contributed by atoms with van der Waals surface area (Å²) >= 11 is 0. The van der Waals surface area contributed by atoms with Crippen LogP contribution in [0.25, 0.3) is 11.1 Å². The van der Waals surface area contributed by atoms with Gasteiger partial charge in [0.25, 0.3) is 0 Å². The summed E-state index contributed by atoms with van der Waals surface area (Å²) in [5, 5.41) is 0. The Hall–Kier alpha value is -3.12. The lowest BCUT2D eigenvalue weighted by Gasteiger charge is -2.06. The number of rotatable bonds is 4. The summed E-state index contributed by atoms with van der Waals surface area (Å²) in [6, 6.07) is 38.4. The molecule has 0 heteroatoms. The molecule has 0 saturated carbocycles. The monoisotopic (exact) mass is 364 g/mol. The van der Waals surface area contributed by atoms with Crippen LogP contribution >= 0.6 is 0 Å². The van der Waals surface area contributed by atoms with Crippen molar-refractivity contribution in [3.8, 4) is 11.1 Å². The first-order valence-corrected chi connectivity index (χ1v) is 9.99. The lowest BCUT2D eigenvalue weighted by molar-refractivity contribution is 1.14. The van der Waals surface area contributed by atoms with Crippen molar-refractivity contribution >= 4 is 0 Å². The Morgan fingerprint density at radius 2 is 1.07 bits per heavy atom. The van der Waals surface area contributed by atoms with Gasteiger partial charge in [-0.1, -0.05) is 122 Å². The third-order valence-corrected chi connectivity index (χ3v) is 4.85. The molecular weight excluding hydrogens is 336 g/mol. The first-order chi connectivity index (χ1) is 13.8. The van der Waals surface area contributed by atoms with E-state index in [4.69, 9.17) is 0 Å². The summed E-state index contributed by atoms with van der Waals surface area (Å²) in [7, 11) is 0. The van der Waals surface area contributed by atoms with Crippen molar-refractivity contribution in [2.24, 2.45) is 0 Å². The van der Waals surface area contributed by atoms with Gasteiger partial charge >= 0.3 is 0 Å².